The lowest BCUT2D eigenvalue weighted by Crippen LogP contribution is -2.29. The summed E-state index contributed by atoms with van der Waals surface area (Å²) in [5.41, 5.74) is 3.60. The van der Waals surface area contributed by atoms with E-state index in [1.54, 1.807) is 12.1 Å². The van der Waals surface area contributed by atoms with E-state index in [0.29, 0.717) is 6.42 Å². The highest BCUT2D eigenvalue weighted by Crippen LogP contribution is 2.27. The number of benzene rings is 1. The summed E-state index contributed by atoms with van der Waals surface area (Å²) in [6, 6.07) is 10.0. The van der Waals surface area contributed by atoms with Crippen LogP contribution in [-0.2, 0) is 6.42 Å². The summed E-state index contributed by atoms with van der Waals surface area (Å²) in [7, 11) is 0. The normalized spacial score (nSPS) is 12.7. The van der Waals surface area contributed by atoms with Crippen LogP contribution in [0.5, 0.6) is 5.75 Å². The zero-order valence-corrected chi connectivity index (χ0v) is 11.9. The molecule has 1 unspecified atom stereocenters. The van der Waals surface area contributed by atoms with Crippen molar-refractivity contribution in [1.82, 2.24) is 5.43 Å². The molecule has 7 heteroatoms. The Morgan fingerprint density at radius 1 is 1.20 bits per heavy atom. The molecule has 0 amide bonds. The molecule has 0 saturated carbocycles. The first-order valence-electron chi connectivity index (χ1n) is 5.83. The fourth-order valence-corrected chi connectivity index (χ4v) is 2.95. The summed E-state index contributed by atoms with van der Waals surface area (Å²) in [5, 5.41) is 0. The third-order valence-corrected chi connectivity index (χ3v) is 4.00. The summed E-state index contributed by atoms with van der Waals surface area (Å²) in [6.45, 7) is -2.82. The number of thiophene rings is 1. The van der Waals surface area contributed by atoms with Gasteiger partial charge in [0.25, 0.3) is 0 Å². The molecule has 3 N–H and O–H groups in total. The topological polar surface area (TPSA) is 47.3 Å². The van der Waals surface area contributed by atoms with Gasteiger partial charge in [0.05, 0.1) is 10.4 Å². The summed E-state index contributed by atoms with van der Waals surface area (Å²) >= 11 is 7.37. The van der Waals surface area contributed by atoms with Crippen LogP contribution in [0.1, 0.15) is 16.5 Å². The van der Waals surface area contributed by atoms with E-state index < -0.39 is 6.61 Å². The van der Waals surface area contributed by atoms with Crippen LogP contribution >= 0.6 is 22.9 Å². The van der Waals surface area contributed by atoms with Crippen LogP contribution in [0, 0.1) is 0 Å². The molecule has 0 aliphatic rings. The van der Waals surface area contributed by atoms with Crippen LogP contribution in [0.2, 0.25) is 4.34 Å². The SMILES string of the molecule is NNC(Cc1ccc(Cl)s1)c1ccc(OC(F)F)cc1. The van der Waals surface area contributed by atoms with E-state index in [9.17, 15) is 8.78 Å². The maximum Gasteiger partial charge on any atom is 0.387 e. The molecule has 3 nitrogen and oxygen atoms in total. The third-order valence-electron chi connectivity index (χ3n) is 2.74. The van der Waals surface area contributed by atoms with Crippen molar-refractivity contribution < 1.29 is 13.5 Å². The van der Waals surface area contributed by atoms with Crippen molar-refractivity contribution in [2.75, 3.05) is 0 Å². The van der Waals surface area contributed by atoms with Crippen LogP contribution in [0.4, 0.5) is 8.78 Å². The van der Waals surface area contributed by atoms with Gasteiger partial charge in [-0.2, -0.15) is 8.78 Å². The molecule has 1 atom stereocenters. The van der Waals surface area contributed by atoms with E-state index >= 15 is 0 Å². The Hall–Kier alpha value is -1.21. The van der Waals surface area contributed by atoms with Gasteiger partial charge in [-0.3, -0.25) is 11.3 Å². The Balaban J connectivity index is 2.07. The molecule has 0 aliphatic heterocycles. The van der Waals surface area contributed by atoms with Crippen LogP contribution in [-0.4, -0.2) is 6.61 Å². The van der Waals surface area contributed by atoms with Crippen molar-refractivity contribution in [3.05, 3.63) is 51.2 Å². The zero-order valence-electron chi connectivity index (χ0n) is 10.4. The molecule has 20 heavy (non-hydrogen) atoms. The van der Waals surface area contributed by atoms with Gasteiger partial charge in [0.2, 0.25) is 0 Å². The highest BCUT2D eigenvalue weighted by atomic mass is 35.5. The highest BCUT2D eigenvalue weighted by molar-refractivity contribution is 7.16. The minimum absolute atomic E-state index is 0.120. The maximum atomic E-state index is 12.1. The second-order valence-corrected chi connectivity index (χ2v) is 5.88. The van der Waals surface area contributed by atoms with E-state index in [4.69, 9.17) is 17.4 Å². The molecule has 0 bridgehead atoms. The molecule has 0 aliphatic carbocycles. The summed E-state index contributed by atoms with van der Waals surface area (Å²) in [5.74, 6) is 5.67. The fourth-order valence-electron chi connectivity index (χ4n) is 1.82. The van der Waals surface area contributed by atoms with Gasteiger partial charge in [0, 0.05) is 11.3 Å². The average molecular weight is 319 g/mol. The molecule has 0 saturated heterocycles. The highest BCUT2D eigenvalue weighted by Gasteiger charge is 2.13. The Bertz CT molecular complexity index is 548. The number of alkyl halides is 2. The largest absolute Gasteiger partial charge is 0.435 e. The van der Waals surface area contributed by atoms with E-state index in [0.717, 1.165) is 14.8 Å². The van der Waals surface area contributed by atoms with Crippen LogP contribution in [0.25, 0.3) is 0 Å². The van der Waals surface area contributed by atoms with Crippen molar-refractivity contribution in [1.29, 1.82) is 0 Å². The van der Waals surface area contributed by atoms with Gasteiger partial charge in [-0.25, -0.2) is 0 Å². The molecule has 108 valence electrons. The number of nitrogens with two attached hydrogens (primary N) is 1. The molecule has 0 fully saturated rings. The van der Waals surface area contributed by atoms with E-state index in [1.807, 2.05) is 12.1 Å². The number of ether oxygens (including phenoxy) is 1. The Labute approximate surface area is 124 Å². The number of halogens is 3. The van der Waals surface area contributed by atoms with Crippen molar-refractivity contribution in [3.63, 3.8) is 0 Å². The lowest BCUT2D eigenvalue weighted by molar-refractivity contribution is -0.0498. The molecule has 1 aromatic heterocycles. The standard InChI is InChI=1S/C13H13ClF2N2OS/c14-12-6-5-10(20-12)7-11(18-17)8-1-3-9(4-2-8)19-13(15)16/h1-6,11,13,18H,7,17H2. The van der Waals surface area contributed by atoms with E-state index in [1.165, 1.54) is 23.5 Å². The number of nitrogens with one attached hydrogen (secondary N) is 1. The number of hydrazine groups is 1. The van der Waals surface area contributed by atoms with Gasteiger partial charge in [-0.05, 0) is 29.8 Å². The molecular weight excluding hydrogens is 306 g/mol. The predicted molar refractivity (Wildman–Crippen MR) is 76.2 cm³/mol. The van der Waals surface area contributed by atoms with Gasteiger partial charge in [-0.1, -0.05) is 23.7 Å². The van der Waals surface area contributed by atoms with Crippen molar-refractivity contribution >= 4 is 22.9 Å². The van der Waals surface area contributed by atoms with Gasteiger partial charge in [0.15, 0.2) is 0 Å². The van der Waals surface area contributed by atoms with Crippen LogP contribution in [0.15, 0.2) is 36.4 Å². The summed E-state index contributed by atoms with van der Waals surface area (Å²) in [4.78, 5) is 1.09. The Morgan fingerprint density at radius 2 is 1.90 bits per heavy atom. The van der Waals surface area contributed by atoms with Gasteiger partial charge >= 0.3 is 6.61 Å². The van der Waals surface area contributed by atoms with Gasteiger partial charge in [0.1, 0.15) is 5.75 Å². The van der Waals surface area contributed by atoms with E-state index in [-0.39, 0.29) is 11.8 Å². The average Bonchev–Trinajstić information content (AvgIpc) is 2.82. The fraction of sp³-hybridized carbons (Fsp3) is 0.231. The third kappa shape index (κ3) is 4.14. The van der Waals surface area contributed by atoms with Gasteiger partial charge in [-0.15, -0.1) is 11.3 Å². The zero-order chi connectivity index (χ0) is 14.5. The minimum Gasteiger partial charge on any atom is -0.435 e. The summed E-state index contributed by atoms with van der Waals surface area (Å²) < 4.78 is 29.2. The molecule has 2 rings (SSSR count). The lowest BCUT2D eigenvalue weighted by Gasteiger charge is -2.16. The minimum atomic E-state index is -2.82. The number of hydrogen-bond donors (Lipinski definition) is 2. The van der Waals surface area contributed by atoms with Crippen LogP contribution in [0.3, 0.4) is 0 Å². The first-order valence-corrected chi connectivity index (χ1v) is 7.03. The first kappa shape index (κ1) is 15.2. The smallest absolute Gasteiger partial charge is 0.387 e. The lowest BCUT2D eigenvalue weighted by atomic mass is 10.0. The number of rotatable bonds is 6. The van der Waals surface area contributed by atoms with Crippen molar-refractivity contribution in [2.45, 2.75) is 19.1 Å². The second-order valence-electron chi connectivity index (χ2n) is 4.08. The molecular formula is C13H13ClF2N2OS. The van der Waals surface area contributed by atoms with Gasteiger partial charge < -0.3 is 4.74 Å². The Morgan fingerprint density at radius 3 is 2.40 bits per heavy atom. The van der Waals surface area contributed by atoms with Crippen molar-refractivity contribution in [2.24, 2.45) is 5.84 Å². The molecule has 0 spiro atoms. The first-order chi connectivity index (χ1) is 9.58. The molecule has 0 radical (unpaired) electrons. The van der Waals surface area contributed by atoms with Crippen molar-refractivity contribution in [3.8, 4) is 5.75 Å². The quantitative estimate of drug-likeness (QED) is 0.630. The predicted octanol–water partition coefficient (Wildman–Crippen LogP) is 3.75. The monoisotopic (exact) mass is 318 g/mol. The van der Waals surface area contributed by atoms with Crippen LogP contribution < -0.4 is 16.0 Å². The second kappa shape index (κ2) is 6.99. The Kier molecular flexibility index (Phi) is 5.31. The number of hydrogen-bond acceptors (Lipinski definition) is 4. The molecule has 1 heterocycles. The van der Waals surface area contributed by atoms with E-state index in [2.05, 4.69) is 10.2 Å². The molecule has 1 aromatic carbocycles. The molecule has 2 aromatic rings. The maximum absolute atomic E-state index is 12.1. The summed E-state index contributed by atoms with van der Waals surface area (Å²) in [6.07, 6.45) is 0.670.